The zero-order chi connectivity index (χ0) is 30.2. The predicted molar refractivity (Wildman–Crippen MR) is 170 cm³/mol. The van der Waals surface area contributed by atoms with Gasteiger partial charge in [-0.2, -0.15) is 0 Å². The average molecular weight is 643 g/mol. The van der Waals surface area contributed by atoms with Gasteiger partial charge in [0.25, 0.3) is 5.22 Å². The van der Waals surface area contributed by atoms with Gasteiger partial charge in [0, 0.05) is 11.1 Å². The molecule has 9 nitrogen and oxygen atoms in total. The number of thiocarbonyl (C=S) groups is 1. The first-order valence-electron chi connectivity index (χ1n) is 12.7. The average Bonchev–Trinajstić information content (AvgIpc) is 3.61. The van der Waals surface area contributed by atoms with Gasteiger partial charge in [0.15, 0.2) is 5.58 Å². The molecule has 42 heavy (non-hydrogen) atoms. The summed E-state index contributed by atoms with van der Waals surface area (Å²) in [4.78, 5) is 45.9. The number of rotatable bonds is 7. The van der Waals surface area contributed by atoms with Crippen molar-refractivity contribution >= 4 is 92.6 Å². The van der Waals surface area contributed by atoms with E-state index in [1.54, 1.807) is 11.0 Å². The molecule has 0 atom stereocenters. The predicted octanol–water partition coefficient (Wildman–Crippen LogP) is 6.22. The van der Waals surface area contributed by atoms with Crippen LogP contribution in [0.25, 0.3) is 16.7 Å². The molecule has 1 amide bonds. The van der Waals surface area contributed by atoms with Crippen molar-refractivity contribution in [1.82, 2.24) is 4.98 Å². The number of aromatic nitrogens is 1. The van der Waals surface area contributed by atoms with Crippen LogP contribution in [-0.2, 0) is 23.9 Å². The standard InChI is InChI=1S/C29H26N2O7S4/c1-6-37-15-11-12-18-16(13-15)21(27-41-22(25(33)35-4)23(42-27)26(34)36-5)24(39)29(2,3)31(18)20(32)14-40-28-30-17-9-7-8-10-19(17)38-28/h7-13H,6,14H2,1-5H3. The van der Waals surface area contributed by atoms with Crippen LogP contribution in [0.2, 0.25) is 0 Å². The van der Waals surface area contributed by atoms with E-state index in [4.69, 9.17) is 30.8 Å². The van der Waals surface area contributed by atoms with Crippen molar-refractivity contribution in [1.29, 1.82) is 0 Å². The molecule has 2 aromatic carbocycles. The molecule has 5 rings (SSSR count). The molecule has 3 heterocycles. The molecule has 2 aliphatic rings. The van der Waals surface area contributed by atoms with Gasteiger partial charge in [0.2, 0.25) is 5.91 Å². The number of hydrogen-bond acceptors (Lipinski definition) is 12. The van der Waals surface area contributed by atoms with Crippen LogP contribution < -0.4 is 9.64 Å². The topological polar surface area (TPSA) is 108 Å². The summed E-state index contributed by atoms with van der Waals surface area (Å²) in [6.07, 6.45) is 0. The molecule has 218 valence electrons. The summed E-state index contributed by atoms with van der Waals surface area (Å²) in [5.41, 5.74) is 2.32. The number of amides is 1. The first-order valence-corrected chi connectivity index (χ1v) is 15.8. The normalized spacial score (nSPS) is 16.1. The molecule has 0 fully saturated rings. The summed E-state index contributed by atoms with van der Waals surface area (Å²) in [6, 6.07) is 12.9. The van der Waals surface area contributed by atoms with Gasteiger partial charge >= 0.3 is 11.9 Å². The van der Waals surface area contributed by atoms with Gasteiger partial charge in [-0.05, 0) is 51.1 Å². The van der Waals surface area contributed by atoms with E-state index in [9.17, 15) is 14.4 Å². The summed E-state index contributed by atoms with van der Waals surface area (Å²) >= 11 is 9.46. The highest BCUT2D eigenvalue weighted by Crippen LogP contribution is 2.56. The molecule has 0 bridgehead atoms. The van der Waals surface area contributed by atoms with Gasteiger partial charge < -0.3 is 23.5 Å². The molecule has 0 spiro atoms. The van der Waals surface area contributed by atoms with Gasteiger partial charge in [-0.1, -0.05) is 59.6 Å². The molecule has 2 aliphatic heterocycles. The van der Waals surface area contributed by atoms with Crippen LogP contribution in [0.15, 0.2) is 66.2 Å². The Labute approximate surface area is 260 Å². The Morgan fingerprint density at radius 1 is 1.05 bits per heavy atom. The second-order valence-electron chi connectivity index (χ2n) is 9.47. The number of thioether (sulfide) groups is 3. The lowest BCUT2D eigenvalue weighted by Gasteiger charge is -2.45. The maximum Gasteiger partial charge on any atom is 0.346 e. The van der Waals surface area contributed by atoms with Crippen LogP contribution in [0.1, 0.15) is 26.3 Å². The van der Waals surface area contributed by atoms with Crippen LogP contribution >= 0.6 is 47.5 Å². The van der Waals surface area contributed by atoms with Crippen molar-refractivity contribution in [2.24, 2.45) is 0 Å². The third kappa shape index (κ3) is 5.46. The minimum absolute atomic E-state index is 0.0570. The number of para-hydroxylation sites is 2. The molecule has 13 heteroatoms. The number of fused-ring (bicyclic) bond motifs is 2. The number of esters is 2. The van der Waals surface area contributed by atoms with Crippen molar-refractivity contribution in [3.63, 3.8) is 0 Å². The lowest BCUT2D eigenvalue weighted by molar-refractivity contribution is -0.138. The Morgan fingerprint density at radius 3 is 2.33 bits per heavy atom. The Kier molecular flexibility index (Phi) is 8.74. The lowest BCUT2D eigenvalue weighted by atomic mass is 9.83. The first-order chi connectivity index (χ1) is 20.1. The van der Waals surface area contributed by atoms with Gasteiger partial charge in [-0.3, -0.25) is 4.79 Å². The second-order valence-corrected chi connectivity index (χ2v) is 13.1. The molecular formula is C29H26N2O7S4. The van der Waals surface area contributed by atoms with Gasteiger partial charge in [-0.15, -0.1) is 0 Å². The number of methoxy groups -OCH3 is 2. The zero-order valence-corrected chi connectivity index (χ0v) is 26.6. The number of carbonyl (C=O) groups excluding carboxylic acids is 3. The van der Waals surface area contributed by atoms with Crippen LogP contribution in [0.5, 0.6) is 5.75 Å². The summed E-state index contributed by atoms with van der Waals surface area (Å²) in [7, 11) is 2.50. The van der Waals surface area contributed by atoms with E-state index in [1.807, 2.05) is 57.2 Å². The van der Waals surface area contributed by atoms with Gasteiger partial charge in [0.05, 0.1) is 46.9 Å². The molecule has 3 aromatic rings. The summed E-state index contributed by atoms with van der Waals surface area (Å²) < 4.78 is 22.1. The van der Waals surface area contributed by atoms with E-state index in [0.29, 0.717) is 49.1 Å². The smallest absolute Gasteiger partial charge is 0.346 e. The van der Waals surface area contributed by atoms with E-state index < -0.39 is 17.5 Å². The summed E-state index contributed by atoms with van der Waals surface area (Å²) in [5, 5.41) is 0.396. The van der Waals surface area contributed by atoms with Crippen LogP contribution in [0.4, 0.5) is 5.69 Å². The fourth-order valence-electron chi connectivity index (χ4n) is 4.60. The molecule has 1 aromatic heterocycles. The van der Waals surface area contributed by atoms with Crippen molar-refractivity contribution in [3.05, 3.63) is 62.1 Å². The van der Waals surface area contributed by atoms with E-state index in [2.05, 4.69) is 4.98 Å². The van der Waals surface area contributed by atoms with Crippen LogP contribution in [-0.4, -0.2) is 59.8 Å². The zero-order valence-electron chi connectivity index (χ0n) is 23.3. The number of ether oxygens (including phenoxy) is 3. The Morgan fingerprint density at radius 2 is 1.71 bits per heavy atom. The minimum atomic E-state index is -0.947. The third-order valence-corrected chi connectivity index (χ3v) is 10.6. The monoisotopic (exact) mass is 642 g/mol. The summed E-state index contributed by atoms with van der Waals surface area (Å²) in [5.74, 6) is -0.852. The third-order valence-electron chi connectivity index (χ3n) is 6.52. The lowest BCUT2D eigenvalue weighted by Crippen LogP contribution is -2.56. The quantitative estimate of drug-likeness (QED) is 0.126. The van der Waals surface area contributed by atoms with Gasteiger partial charge in [-0.25, -0.2) is 14.6 Å². The van der Waals surface area contributed by atoms with Crippen LogP contribution in [0.3, 0.4) is 0 Å². The van der Waals surface area contributed by atoms with Crippen molar-refractivity contribution in [2.75, 3.05) is 31.5 Å². The highest BCUT2D eigenvalue weighted by molar-refractivity contribution is 8.29. The molecule has 0 N–H and O–H groups in total. The number of oxazole rings is 1. The highest BCUT2D eigenvalue weighted by Gasteiger charge is 2.46. The maximum atomic E-state index is 13.9. The second kappa shape index (κ2) is 12.2. The molecule has 0 aliphatic carbocycles. The Hall–Kier alpha value is -3.26. The van der Waals surface area contributed by atoms with Crippen LogP contribution in [0, 0.1) is 0 Å². The van der Waals surface area contributed by atoms with E-state index >= 15 is 0 Å². The largest absolute Gasteiger partial charge is 0.494 e. The number of anilines is 1. The molecule has 0 saturated heterocycles. The highest BCUT2D eigenvalue weighted by atomic mass is 32.2. The molecular weight excluding hydrogens is 617 g/mol. The fraction of sp³-hybridized carbons (Fsp3) is 0.276. The molecule has 0 unspecified atom stereocenters. The molecule has 0 saturated carbocycles. The number of hydrogen-bond donors (Lipinski definition) is 0. The minimum Gasteiger partial charge on any atom is -0.494 e. The van der Waals surface area contributed by atoms with Crippen molar-refractivity contribution < 1.29 is 33.0 Å². The van der Waals surface area contributed by atoms with Crippen molar-refractivity contribution in [3.8, 4) is 5.75 Å². The first kappa shape index (κ1) is 30.2. The van der Waals surface area contributed by atoms with E-state index in [0.717, 1.165) is 29.0 Å². The number of nitrogens with zero attached hydrogens (tertiary/aromatic N) is 2. The Bertz CT molecular complexity index is 1630. The summed E-state index contributed by atoms with van der Waals surface area (Å²) in [6.45, 7) is 6.06. The van der Waals surface area contributed by atoms with E-state index in [-0.39, 0.29) is 21.5 Å². The van der Waals surface area contributed by atoms with Crippen molar-refractivity contribution in [2.45, 2.75) is 31.5 Å². The SMILES string of the molecule is CCOc1ccc2c(c1)C(=C1SC(C(=O)OC)=C(C(=O)OC)S1)C(=S)C(C)(C)N2C(=O)CSc1nc2ccccc2o1. The number of benzene rings is 2. The molecule has 0 radical (unpaired) electrons. The van der Waals surface area contributed by atoms with Gasteiger partial charge in [0.1, 0.15) is 21.1 Å². The fourth-order valence-corrected chi connectivity index (χ4v) is 8.32. The van der Waals surface area contributed by atoms with E-state index in [1.165, 1.54) is 26.0 Å². The number of carbonyl (C=O) groups is 3. The maximum absolute atomic E-state index is 13.9. The Balaban J connectivity index is 1.56.